The normalized spacial score (nSPS) is 29.1. The van der Waals surface area contributed by atoms with Crippen molar-refractivity contribution in [3.63, 3.8) is 0 Å². The average molecular weight is 532 g/mol. The lowest BCUT2D eigenvalue weighted by atomic mass is 9.49. The van der Waals surface area contributed by atoms with Gasteiger partial charge in [-0.2, -0.15) is 0 Å². The van der Waals surface area contributed by atoms with Crippen LogP contribution in [0.2, 0.25) is 0 Å². The maximum atomic E-state index is 12.5. The molecule has 0 radical (unpaired) electrons. The van der Waals surface area contributed by atoms with Gasteiger partial charge in [0.1, 0.15) is 5.75 Å². The highest BCUT2D eigenvalue weighted by Gasteiger charge is 2.72. The van der Waals surface area contributed by atoms with Crippen molar-refractivity contribution in [3.8, 4) is 17.2 Å². The van der Waals surface area contributed by atoms with Gasteiger partial charge < -0.3 is 29.7 Å². The summed E-state index contributed by atoms with van der Waals surface area (Å²) in [5.74, 6) is 0.0709. The van der Waals surface area contributed by atoms with Crippen molar-refractivity contribution in [2.45, 2.75) is 61.7 Å². The highest BCUT2D eigenvalue weighted by molar-refractivity contribution is 5.90. The number of hydrogen-bond donors (Lipinski definition) is 3. The van der Waals surface area contributed by atoms with Crippen LogP contribution in [0.15, 0.2) is 48.5 Å². The molecule has 8 nitrogen and oxygen atoms in total. The SMILES string of the molecule is CN1CC[C@]23c4c5ccc(O)c4O[C@H]2C(=O)CC[C@@]3(O)[C@H]1C5.COc1ccc2cc(C(C)C(=O)O)ccc2c1. The van der Waals surface area contributed by atoms with Crippen LogP contribution in [0.25, 0.3) is 10.8 Å². The van der Waals surface area contributed by atoms with Crippen LogP contribution in [-0.4, -0.2) is 70.4 Å². The smallest absolute Gasteiger partial charge is 0.310 e. The van der Waals surface area contributed by atoms with E-state index in [1.165, 1.54) is 0 Å². The zero-order valence-corrected chi connectivity index (χ0v) is 22.3. The van der Waals surface area contributed by atoms with Crippen molar-refractivity contribution in [1.29, 1.82) is 0 Å². The number of phenolic OH excluding ortho intramolecular Hbond substituents is 1. The Morgan fingerprint density at radius 3 is 2.62 bits per heavy atom. The molecule has 2 bridgehead atoms. The summed E-state index contributed by atoms with van der Waals surface area (Å²) in [6, 6.07) is 15.0. The van der Waals surface area contributed by atoms with Gasteiger partial charge in [-0.15, -0.1) is 0 Å². The predicted octanol–water partition coefficient (Wildman–Crippen LogP) is 3.78. The largest absolute Gasteiger partial charge is 0.504 e. The Morgan fingerprint density at radius 2 is 1.87 bits per heavy atom. The Labute approximate surface area is 226 Å². The van der Waals surface area contributed by atoms with Gasteiger partial charge in [0, 0.05) is 18.0 Å². The molecule has 3 aromatic carbocycles. The number of fused-ring (bicyclic) bond motifs is 1. The first kappa shape index (κ1) is 25.6. The number of likely N-dealkylation sites (N-methyl/N-ethyl adjacent to an activating group) is 1. The number of carbonyl (C=O) groups excluding carboxylic acids is 1. The number of carbonyl (C=O) groups is 2. The van der Waals surface area contributed by atoms with E-state index < -0.39 is 29.0 Å². The minimum atomic E-state index is -0.954. The Balaban J connectivity index is 0.000000148. The summed E-state index contributed by atoms with van der Waals surface area (Å²) in [5.41, 5.74) is 1.19. The third kappa shape index (κ3) is 3.58. The van der Waals surface area contributed by atoms with Gasteiger partial charge in [0.2, 0.25) is 0 Å². The van der Waals surface area contributed by atoms with Gasteiger partial charge in [-0.25, -0.2) is 0 Å². The average Bonchev–Trinajstić information content (AvgIpc) is 3.30. The van der Waals surface area contributed by atoms with Gasteiger partial charge >= 0.3 is 5.97 Å². The van der Waals surface area contributed by atoms with Gasteiger partial charge in [-0.1, -0.05) is 30.3 Å². The summed E-state index contributed by atoms with van der Waals surface area (Å²) in [6.07, 6.45) is 1.61. The molecule has 7 rings (SSSR count). The van der Waals surface area contributed by atoms with Crippen molar-refractivity contribution in [1.82, 2.24) is 4.90 Å². The molecule has 2 aliphatic heterocycles. The third-order valence-electron chi connectivity index (χ3n) is 9.47. The van der Waals surface area contributed by atoms with Gasteiger partial charge in [0.05, 0.1) is 24.0 Å². The molecule has 5 atom stereocenters. The van der Waals surface area contributed by atoms with Gasteiger partial charge in [0.25, 0.3) is 0 Å². The minimum absolute atomic E-state index is 0.00319. The number of rotatable bonds is 3. The van der Waals surface area contributed by atoms with E-state index >= 15 is 0 Å². The summed E-state index contributed by atoms with van der Waals surface area (Å²) in [6.45, 7) is 2.52. The number of benzene rings is 3. The van der Waals surface area contributed by atoms with E-state index in [1.54, 1.807) is 20.1 Å². The number of likely N-dealkylation sites (tertiary alicyclic amines) is 1. The van der Waals surface area contributed by atoms with Gasteiger partial charge in [0.15, 0.2) is 23.4 Å². The molecular formula is C31H33NO7. The Hall–Kier alpha value is -3.62. The molecular weight excluding hydrogens is 498 g/mol. The molecule has 1 saturated carbocycles. The van der Waals surface area contributed by atoms with Crippen LogP contribution in [0.3, 0.4) is 0 Å². The molecule has 8 heteroatoms. The number of nitrogens with zero attached hydrogens (tertiary/aromatic N) is 1. The first-order valence-corrected chi connectivity index (χ1v) is 13.4. The van der Waals surface area contributed by atoms with E-state index in [-0.39, 0.29) is 17.6 Å². The van der Waals surface area contributed by atoms with E-state index in [0.717, 1.165) is 46.2 Å². The first-order valence-electron chi connectivity index (χ1n) is 13.4. The number of phenols is 1. The van der Waals surface area contributed by atoms with Crippen molar-refractivity contribution in [2.24, 2.45) is 0 Å². The number of aliphatic hydroxyl groups is 1. The van der Waals surface area contributed by atoms with Crippen LogP contribution in [0.4, 0.5) is 0 Å². The predicted molar refractivity (Wildman–Crippen MR) is 145 cm³/mol. The second-order valence-corrected chi connectivity index (χ2v) is 11.3. The molecule has 2 aliphatic carbocycles. The molecule has 204 valence electrons. The van der Waals surface area contributed by atoms with E-state index in [0.29, 0.717) is 25.0 Å². The van der Waals surface area contributed by atoms with Crippen LogP contribution in [0.1, 0.15) is 48.8 Å². The molecule has 3 aromatic rings. The summed E-state index contributed by atoms with van der Waals surface area (Å²) in [5, 5.41) is 32.9. The third-order valence-corrected chi connectivity index (χ3v) is 9.47. The molecule has 0 amide bonds. The first-order chi connectivity index (χ1) is 18.6. The fraction of sp³-hybridized carbons (Fsp3) is 0.419. The summed E-state index contributed by atoms with van der Waals surface area (Å²) >= 11 is 0. The number of ether oxygens (including phenoxy) is 2. The van der Waals surface area contributed by atoms with Crippen LogP contribution >= 0.6 is 0 Å². The summed E-state index contributed by atoms with van der Waals surface area (Å²) in [7, 11) is 3.67. The quantitative estimate of drug-likeness (QED) is 0.468. The number of methoxy groups -OCH3 is 1. The van der Waals surface area contributed by atoms with Gasteiger partial charge in [-0.3, -0.25) is 9.59 Å². The second kappa shape index (κ2) is 8.96. The lowest BCUT2D eigenvalue weighted by Gasteiger charge is -2.61. The molecule has 1 spiro atoms. The fourth-order valence-electron chi connectivity index (χ4n) is 7.32. The molecule has 1 saturated heterocycles. The van der Waals surface area contributed by atoms with Crippen LogP contribution in [-0.2, 0) is 21.4 Å². The number of ketones is 1. The molecule has 0 aromatic heterocycles. The highest BCUT2D eigenvalue weighted by Crippen LogP contribution is 2.64. The van der Waals surface area contributed by atoms with Crippen molar-refractivity contribution >= 4 is 22.5 Å². The maximum Gasteiger partial charge on any atom is 0.310 e. The van der Waals surface area contributed by atoms with E-state index in [9.17, 15) is 19.8 Å². The molecule has 2 heterocycles. The molecule has 4 aliphatic rings. The van der Waals surface area contributed by atoms with Gasteiger partial charge in [-0.05, 0) is 79.9 Å². The van der Waals surface area contributed by atoms with E-state index in [2.05, 4.69) is 4.90 Å². The Morgan fingerprint density at radius 1 is 1.13 bits per heavy atom. The zero-order valence-electron chi connectivity index (χ0n) is 22.3. The number of piperidine rings is 1. The number of hydrogen-bond acceptors (Lipinski definition) is 7. The lowest BCUT2D eigenvalue weighted by molar-refractivity contribution is -0.185. The zero-order chi connectivity index (χ0) is 27.7. The Bertz CT molecular complexity index is 1500. The van der Waals surface area contributed by atoms with E-state index in [4.69, 9.17) is 14.6 Å². The standard InChI is InChI=1S/C17H19NO4.C14H14O3/c1-18-7-6-16-13-9-2-3-10(19)14(13)22-15(16)11(20)4-5-17(16,21)12(18)8-9;1-9(14(15)16)10-3-4-12-8-13(17-2)6-5-11(12)7-10/h2-3,12,15,19,21H,4-8H2,1H3;3-9H,1-2H3,(H,15,16)/t12-,15+,16+,17-;/m1./s1. The van der Waals surface area contributed by atoms with E-state index in [1.807, 2.05) is 49.5 Å². The molecule has 39 heavy (non-hydrogen) atoms. The fourth-order valence-corrected chi connectivity index (χ4v) is 7.32. The van der Waals surface area contributed by atoms with Crippen molar-refractivity contribution in [2.75, 3.05) is 20.7 Å². The monoisotopic (exact) mass is 531 g/mol. The number of carboxylic acid groups (broad SMARTS) is 1. The summed E-state index contributed by atoms with van der Waals surface area (Å²) < 4.78 is 11.1. The number of carboxylic acids is 1. The van der Waals surface area contributed by atoms with Crippen molar-refractivity contribution in [3.05, 3.63) is 65.2 Å². The summed E-state index contributed by atoms with van der Waals surface area (Å²) in [4.78, 5) is 25.7. The van der Waals surface area contributed by atoms with Crippen LogP contribution in [0.5, 0.6) is 17.2 Å². The molecule has 2 fully saturated rings. The molecule has 3 N–H and O–H groups in total. The topological polar surface area (TPSA) is 117 Å². The number of Topliss-reactive ketones (excluding diaryl/α,β-unsaturated/α-hetero) is 1. The number of aliphatic carboxylic acids is 1. The maximum absolute atomic E-state index is 12.5. The minimum Gasteiger partial charge on any atom is -0.504 e. The molecule has 1 unspecified atom stereocenters. The van der Waals surface area contributed by atoms with Crippen LogP contribution in [0, 0.1) is 0 Å². The second-order valence-electron chi connectivity index (χ2n) is 11.3. The van der Waals surface area contributed by atoms with Crippen LogP contribution < -0.4 is 9.47 Å². The lowest BCUT2D eigenvalue weighted by Crippen LogP contribution is -2.76. The van der Waals surface area contributed by atoms with Crippen molar-refractivity contribution < 1.29 is 34.4 Å². The number of aromatic hydroxyl groups is 1. The Kier molecular flexibility index (Phi) is 5.89. The highest BCUT2D eigenvalue weighted by atomic mass is 16.5.